The van der Waals surface area contributed by atoms with Gasteiger partial charge in [0.15, 0.2) is 12.4 Å². The number of ketones is 2. The van der Waals surface area contributed by atoms with Crippen LogP contribution in [0.1, 0.15) is 120 Å². The molecule has 0 aliphatic heterocycles. The van der Waals surface area contributed by atoms with Crippen molar-refractivity contribution in [2.24, 2.45) is 28.6 Å². The molecule has 0 bridgehead atoms. The van der Waals surface area contributed by atoms with Crippen LogP contribution in [0.4, 0.5) is 0 Å². The number of carbonyl (C=O) groups excluding carboxylic acids is 5. The highest BCUT2D eigenvalue weighted by Crippen LogP contribution is 2.67. The first-order valence-corrected chi connectivity index (χ1v) is 18.3. The Hall–Kier alpha value is -3.86. The maximum Gasteiger partial charge on any atom is 0.335 e. The molecule has 6 atom stereocenters. The van der Waals surface area contributed by atoms with Gasteiger partial charge in [-0.1, -0.05) is 38.0 Å². The first-order chi connectivity index (χ1) is 23.8. The molecule has 272 valence electrons. The lowest BCUT2D eigenvalue weighted by molar-refractivity contribution is -0.170. The molecule has 11 heteroatoms. The number of amides is 2. The number of Topliss-reactive ketones (excluding diaryl/α,β-unsaturated/α-hetero) is 1. The summed E-state index contributed by atoms with van der Waals surface area (Å²) in [5.41, 5.74) is 0.130. The fraction of sp³-hybridized carbons (Fsp3) is 0.641. The molecular formula is C39H52N2O9. The molecule has 1 aromatic rings. The van der Waals surface area contributed by atoms with Gasteiger partial charge in [-0.05, 0) is 105 Å². The number of benzene rings is 1. The van der Waals surface area contributed by atoms with Gasteiger partial charge in [-0.25, -0.2) is 4.79 Å². The molecule has 3 saturated carbocycles. The van der Waals surface area contributed by atoms with E-state index in [1.165, 1.54) is 17.7 Å². The van der Waals surface area contributed by atoms with E-state index in [-0.39, 0.29) is 47.3 Å². The minimum Gasteiger partial charge on any atom is -0.478 e. The molecule has 4 aliphatic carbocycles. The van der Waals surface area contributed by atoms with E-state index in [2.05, 4.69) is 17.6 Å². The third-order valence-electron chi connectivity index (χ3n) is 12.6. The number of esters is 1. The summed E-state index contributed by atoms with van der Waals surface area (Å²) >= 11 is 0. The number of unbranched alkanes of at least 4 members (excludes halogenated alkanes) is 2. The molecule has 4 N–H and O–H groups in total. The summed E-state index contributed by atoms with van der Waals surface area (Å²) in [4.78, 5) is 73.3. The molecule has 0 spiro atoms. The smallest absolute Gasteiger partial charge is 0.335 e. The number of ether oxygens (including phenoxy) is 1. The van der Waals surface area contributed by atoms with Crippen LogP contribution in [0.25, 0.3) is 0 Å². The number of hydrogen-bond acceptors (Lipinski definition) is 8. The normalized spacial score (nSPS) is 29.9. The van der Waals surface area contributed by atoms with Crippen molar-refractivity contribution in [1.29, 1.82) is 0 Å². The summed E-state index contributed by atoms with van der Waals surface area (Å²) in [6.45, 7) is 4.55. The largest absolute Gasteiger partial charge is 0.478 e. The van der Waals surface area contributed by atoms with Crippen molar-refractivity contribution in [1.82, 2.24) is 10.6 Å². The van der Waals surface area contributed by atoms with Gasteiger partial charge < -0.3 is 25.6 Å². The minimum absolute atomic E-state index is 0.00594. The number of carboxylic acid groups (broad SMARTS) is 1. The van der Waals surface area contributed by atoms with Gasteiger partial charge in [0.1, 0.15) is 5.60 Å². The van der Waals surface area contributed by atoms with Crippen LogP contribution in [0, 0.1) is 28.6 Å². The average molecular weight is 693 g/mol. The Balaban J connectivity index is 0.959. The first-order valence-electron chi connectivity index (χ1n) is 18.3. The highest BCUT2D eigenvalue weighted by atomic mass is 16.5. The van der Waals surface area contributed by atoms with E-state index in [4.69, 9.17) is 9.84 Å². The van der Waals surface area contributed by atoms with Crippen LogP contribution in [0.15, 0.2) is 35.9 Å². The van der Waals surface area contributed by atoms with Crippen LogP contribution in [0.5, 0.6) is 0 Å². The third-order valence-corrected chi connectivity index (χ3v) is 12.6. The van der Waals surface area contributed by atoms with Crippen LogP contribution in [0.2, 0.25) is 0 Å². The fourth-order valence-electron chi connectivity index (χ4n) is 9.54. The van der Waals surface area contributed by atoms with Gasteiger partial charge in [0.25, 0.3) is 0 Å². The number of carboxylic acids is 1. The number of allylic oxidation sites excluding steroid dienone is 1. The van der Waals surface area contributed by atoms with Gasteiger partial charge in [0.05, 0.1) is 12.0 Å². The maximum absolute atomic E-state index is 13.5. The minimum atomic E-state index is -1.56. The second-order valence-electron chi connectivity index (χ2n) is 15.3. The van der Waals surface area contributed by atoms with Crippen molar-refractivity contribution in [3.05, 3.63) is 47.0 Å². The van der Waals surface area contributed by atoms with E-state index in [0.717, 1.165) is 44.1 Å². The monoisotopic (exact) mass is 692 g/mol. The van der Waals surface area contributed by atoms with E-state index in [0.29, 0.717) is 63.5 Å². The highest BCUT2D eigenvalue weighted by molar-refractivity contribution is 5.92. The second-order valence-corrected chi connectivity index (χ2v) is 15.3. The topological polar surface area (TPSA) is 176 Å². The molecule has 1 aromatic carbocycles. The van der Waals surface area contributed by atoms with Crippen LogP contribution in [0.3, 0.4) is 0 Å². The van der Waals surface area contributed by atoms with Gasteiger partial charge >= 0.3 is 11.9 Å². The fourth-order valence-corrected chi connectivity index (χ4v) is 9.54. The maximum atomic E-state index is 13.5. The van der Waals surface area contributed by atoms with Crippen LogP contribution in [-0.4, -0.2) is 64.3 Å². The van der Waals surface area contributed by atoms with Crippen LogP contribution >= 0.6 is 0 Å². The molecule has 2 amide bonds. The van der Waals surface area contributed by atoms with Crippen molar-refractivity contribution < 1.29 is 43.7 Å². The average Bonchev–Trinajstić information content (AvgIpc) is 3.38. The summed E-state index contributed by atoms with van der Waals surface area (Å²) in [6.07, 6.45) is 10.0. The Labute approximate surface area is 294 Å². The Morgan fingerprint density at radius 2 is 1.56 bits per heavy atom. The summed E-state index contributed by atoms with van der Waals surface area (Å²) < 4.78 is 5.27. The quantitative estimate of drug-likeness (QED) is 0.148. The number of aromatic carboxylic acids is 1. The Kier molecular flexibility index (Phi) is 11.7. The second kappa shape index (κ2) is 15.6. The highest BCUT2D eigenvalue weighted by Gasteiger charge is 2.66. The van der Waals surface area contributed by atoms with Crippen molar-refractivity contribution in [2.75, 3.05) is 13.2 Å². The summed E-state index contributed by atoms with van der Waals surface area (Å²) in [5.74, 6) is -1.29. The van der Waals surface area contributed by atoms with Crippen LogP contribution in [-0.2, 0) is 35.3 Å². The van der Waals surface area contributed by atoms with Gasteiger partial charge in [-0.3, -0.25) is 24.0 Å². The molecule has 0 aromatic heterocycles. The van der Waals surface area contributed by atoms with E-state index >= 15 is 0 Å². The Bertz CT molecular complexity index is 1520. The van der Waals surface area contributed by atoms with Gasteiger partial charge in [0, 0.05) is 37.8 Å². The third kappa shape index (κ3) is 7.87. The zero-order valence-corrected chi connectivity index (χ0v) is 29.4. The number of fused-ring (bicyclic) bond motifs is 5. The lowest BCUT2D eigenvalue weighted by Gasteiger charge is -2.58. The predicted octanol–water partition coefficient (Wildman–Crippen LogP) is 4.83. The number of carbonyl (C=O) groups is 6. The Morgan fingerprint density at radius 1 is 0.840 bits per heavy atom. The molecule has 2 unspecified atom stereocenters. The molecule has 11 nitrogen and oxygen atoms in total. The zero-order chi connectivity index (χ0) is 36.1. The predicted molar refractivity (Wildman–Crippen MR) is 184 cm³/mol. The zero-order valence-electron chi connectivity index (χ0n) is 29.4. The number of hydrogen-bond donors (Lipinski definition) is 4. The van der Waals surface area contributed by atoms with Crippen molar-refractivity contribution >= 4 is 35.3 Å². The van der Waals surface area contributed by atoms with Gasteiger partial charge in [-0.2, -0.15) is 0 Å². The van der Waals surface area contributed by atoms with E-state index in [1.807, 2.05) is 13.0 Å². The van der Waals surface area contributed by atoms with Crippen molar-refractivity contribution in [3.8, 4) is 0 Å². The SMILES string of the molecule is C[C@@]12CCC(=O)C=C1CC[C@H]1C2CC[C@]2(C)C1CC[C@@]2(O)C(=O)COC(=O)CCC(=O)NCCCCCC(=O)NCc1ccc(C(=O)O)cc1. The molecule has 4 aliphatic rings. The summed E-state index contributed by atoms with van der Waals surface area (Å²) in [5, 5.41) is 26.4. The summed E-state index contributed by atoms with van der Waals surface area (Å²) in [6, 6.07) is 6.32. The molecule has 0 heterocycles. The van der Waals surface area contributed by atoms with Crippen molar-refractivity contribution in [3.63, 3.8) is 0 Å². The van der Waals surface area contributed by atoms with E-state index < -0.39 is 35.3 Å². The Morgan fingerprint density at radius 3 is 2.30 bits per heavy atom. The molecule has 5 rings (SSSR count). The van der Waals surface area contributed by atoms with E-state index in [1.54, 1.807) is 12.1 Å². The first kappa shape index (κ1) is 37.4. The molecule has 50 heavy (non-hydrogen) atoms. The molecule has 0 radical (unpaired) electrons. The number of nitrogens with one attached hydrogen (secondary N) is 2. The van der Waals surface area contributed by atoms with Crippen LogP contribution < -0.4 is 10.6 Å². The van der Waals surface area contributed by atoms with E-state index in [9.17, 15) is 33.9 Å². The molecular weight excluding hydrogens is 640 g/mol. The molecule has 3 fully saturated rings. The molecule has 0 saturated heterocycles. The van der Waals surface area contributed by atoms with Crippen molar-refractivity contribution in [2.45, 2.75) is 116 Å². The van der Waals surface area contributed by atoms with Gasteiger partial charge in [0.2, 0.25) is 17.6 Å². The standard InChI is InChI=1S/C39H52N2O9/c1-37-18-15-28(42)22-27(37)11-12-29-30(37)16-19-38(2)31(29)17-20-39(38,49)32(43)24-50-35(46)14-13-34(45)40-21-5-3-4-6-33(44)41-23-25-7-9-26(10-8-25)36(47)48/h7-10,22,29-31,49H,3-6,11-21,23-24H2,1-2H3,(H,40,45)(H,41,44)(H,47,48)/t29-,30?,31?,37+,38+,39+/m0/s1. The lowest BCUT2D eigenvalue weighted by Crippen LogP contribution is -2.58. The van der Waals surface area contributed by atoms with Gasteiger partial charge in [-0.15, -0.1) is 0 Å². The summed E-state index contributed by atoms with van der Waals surface area (Å²) in [7, 11) is 0. The number of aliphatic hydroxyl groups is 1. The number of rotatable bonds is 15. The lowest BCUT2D eigenvalue weighted by atomic mass is 9.46.